The monoisotopic (exact) mass is 338 g/mol. The van der Waals surface area contributed by atoms with Gasteiger partial charge in [0.25, 0.3) is 5.91 Å². The van der Waals surface area contributed by atoms with Gasteiger partial charge in [-0.2, -0.15) is 5.10 Å². The van der Waals surface area contributed by atoms with Gasteiger partial charge in [0.15, 0.2) is 11.5 Å². The molecule has 3 aromatic rings. The van der Waals surface area contributed by atoms with E-state index in [1.54, 1.807) is 42.9 Å². The highest BCUT2D eigenvalue weighted by atomic mass is 16.5. The zero-order valence-electron chi connectivity index (χ0n) is 13.7. The number of nitrogens with zero attached hydrogens (tertiary/aromatic N) is 2. The van der Waals surface area contributed by atoms with Crippen LogP contribution in [0.1, 0.15) is 22.8 Å². The zero-order chi connectivity index (χ0) is 17.5. The summed E-state index contributed by atoms with van der Waals surface area (Å²) in [7, 11) is 0. The highest BCUT2D eigenvalue weighted by Gasteiger charge is 2.12. The maximum Gasteiger partial charge on any atom is 0.256 e. The van der Waals surface area contributed by atoms with Gasteiger partial charge in [0, 0.05) is 29.6 Å². The molecular formula is C18H18N4O3. The first-order chi connectivity index (χ1) is 12.3. The molecule has 0 spiro atoms. The van der Waals surface area contributed by atoms with E-state index in [2.05, 4.69) is 20.5 Å². The predicted molar refractivity (Wildman–Crippen MR) is 92.7 cm³/mol. The van der Waals surface area contributed by atoms with Crippen molar-refractivity contribution >= 4 is 11.7 Å². The number of aromatic nitrogens is 3. The van der Waals surface area contributed by atoms with Crippen LogP contribution in [0.4, 0.5) is 5.82 Å². The number of pyridine rings is 1. The third kappa shape index (κ3) is 4.35. The van der Waals surface area contributed by atoms with Crippen LogP contribution in [0, 0.1) is 0 Å². The lowest BCUT2D eigenvalue weighted by Crippen LogP contribution is -2.12. The van der Waals surface area contributed by atoms with Crippen LogP contribution in [0.25, 0.3) is 0 Å². The van der Waals surface area contributed by atoms with Crippen molar-refractivity contribution in [2.24, 2.45) is 0 Å². The van der Waals surface area contributed by atoms with E-state index in [-0.39, 0.29) is 5.91 Å². The molecule has 25 heavy (non-hydrogen) atoms. The van der Waals surface area contributed by atoms with Gasteiger partial charge in [-0.25, -0.2) is 0 Å². The van der Waals surface area contributed by atoms with Crippen molar-refractivity contribution in [2.45, 2.75) is 13.5 Å². The number of hydrogen-bond acceptors (Lipinski definition) is 5. The van der Waals surface area contributed by atoms with Crippen LogP contribution in [-0.2, 0) is 6.61 Å². The quantitative estimate of drug-likeness (QED) is 0.691. The minimum Gasteiger partial charge on any atom is -0.490 e. The summed E-state index contributed by atoms with van der Waals surface area (Å²) in [5.74, 6) is 1.36. The van der Waals surface area contributed by atoms with Crippen molar-refractivity contribution in [3.05, 3.63) is 66.1 Å². The second-order valence-corrected chi connectivity index (χ2v) is 5.17. The molecule has 1 aromatic carbocycles. The Bertz CT molecular complexity index is 820. The molecule has 3 rings (SSSR count). The molecular weight excluding hydrogens is 320 g/mol. The molecule has 0 unspecified atom stereocenters. The van der Waals surface area contributed by atoms with E-state index >= 15 is 0 Å². The minimum atomic E-state index is -0.260. The Morgan fingerprint density at radius 2 is 2.08 bits per heavy atom. The van der Waals surface area contributed by atoms with Gasteiger partial charge in [0.2, 0.25) is 0 Å². The van der Waals surface area contributed by atoms with E-state index in [9.17, 15) is 4.79 Å². The normalized spacial score (nSPS) is 10.3. The average molecular weight is 338 g/mol. The number of amides is 1. The van der Waals surface area contributed by atoms with Crippen molar-refractivity contribution in [3.63, 3.8) is 0 Å². The molecule has 0 fully saturated rings. The van der Waals surface area contributed by atoms with Gasteiger partial charge in [0.1, 0.15) is 12.4 Å². The fraction of sp³-hybridized carbons (Fsp3) is 0.167. The minimum absolute atomic E-state index is 0.260. The molecule has 0 saturated heterocycles. The number of rotatable bonds is 7. The van der Waals surface area contributed by atoms with Crippen LogP contribution in [0.15, 0.2) is 55.0 Å². The lowest BCUT2D eigenvalue weighted by atomic mass is 10.2. The summed E-state index contributed by atoms with van der Waals surface area (Å²) in [6.45, 7) is 2.71. The molecule has 2 aromatic heterocycles. The number of nitrogens with one attached hydrogen (secondary N) is 2. The average Bonchev–Trinajstić information content (AvgIpc) is 3.14. The Labute approximate surface area is 145 Å². The fourth-order valence-electron chi connectivity index (χ4n) is 2.20. The maximum atomic E-state index is 12.3. The van der Waals surface area contributed by atoms with Crippen molar-refractivity contribution in [2.75, 3.05) is 11.9 Å². The van der Waals surface area contributed by atoms with Gasteiger partial charge in [-0.3, -0.25) is 14.9 Å². The number of H-pyrrole nitrogens is 1. The molecule has 0 radical (unpaired) electrons. The maximum absolute atomic E-state index is 12.3. The number of hydrogen-bond donors (Lipinski definition) is 2. The smallest absolute Gasteiger partial charge is 0.256 e. The van der Waals surface area contributed by atoms with Gasteiger partial charge in [-0.1, -0.05) is 6.07 Å². The largest absolute Gasteiger partial charge is 0.490 e. The van der Waals surface area contributed by atoms with Crippen molar-refractivity contribution < 1.29 is 14.3 Å². The summed E-state index contributed by atoms with van der Waals surface area (Å²) < 4.78 is 11.4. The predicted octanol–water partition coefficient (Wildman–Crippen LogP) is 3.03. The molecule has 7 heteroatoms. The molecule has 0 aliphatic rings. The number of anilines is 1. The zero-order valence-corrected chi connectivity index (χ0v) is 13.7. The molecule has 0 atom stereocenters. The SMILES string of the molecule is CCOc1cc(C(=O)Nc2ccn[nH]2)ccc1OCc1cccnc1. The Balaban J connectivity index is 1.74. The van der Waals surface area contributed by atoms with Gasteiger partial charge in [-0.05, 0) is 31.2 Å². The highest BCUT2D eigenvalue weighted by Crippen LogP contribution is 2.29. The first-order valence-corrected chi connectivity index (χ1v) is 7.85. The highest BCUT2D eigenvalue weighted by molar-refractivity contribution is 6.04. The Morgan fingerprint density at radius 1 is 1.16 bits per heavy atom. The standard InChI is InChI=1S/C18H18N4O3/c1-2-24-16-10-14(18(23)21-17-7-9-20-22-17)5-6-15(16)25-12-13-4-3-8-19-11-13/h3-11H,2,12H2,1H3,(H2,20,21,22,23). The summed E-state index contributed by atoms with van der Waals surface area (Å²) in [6, 6.07) is 10.5. The van der Waals surface area contributed by atoms with Crippen LogP contribution in [0.3, 0.4) is 0 Å². The van der Waals surface area contributed by atoms with E-state index < -0.39 is 0 Å². The Morgan fingerprint density at radius 3 is 2.80 bits per heavy atom. The Kier molecular flexibility index (Phi) is 5.26. The van der Waals surface area contributed by atoms with E-state index in [1.807, 2.05) is 19.1 Å². The van der Waals surface area contributed by atoms with Crippen LogP contribution in [-0.4, -0.2) is 27.7 Å². The molecule has 0 aliphatic heterocycles. The summed E-state index contributed by atoms with van der Waals surface area (Å²) in [4.78, 5) is 16.4. The molecule has 1 amide bonds. The van der Waals surface area contributed by atoms with Gasteiger partial charge in [-0.15, -0.1) is 0 Å². The summed E-state index contributed by atoms with van der Waals surface area (Å²) in [6.07, 6.45) is 5.02. The van der Waals surface area contributed by atoms with Crippen LogP contribution >= 0.6 is 0 Å². The molecule has 0 saturated carbocycles. The second-order valence-electron chi connectivity index (χ2n) is 5.17. The van der Waals surface area contributed by atoms with Crippen LogP contribution < -0.4 is 14.8 Å². The van der Waals surface area contributed by atoms with Gasteiger partial charge in [0.05, 0.1) is 12.8 Å². The fourth-order valence-corrected chi connectivity index (χ4v) is 2.20. The molecule has 0 aliphatic carbocycles. The summed E-state index contributed by atoms with van der Waals surface area (Å²) in [5.41, 5.74) is 1.41. The topological polar surface area (TPSA) is 89.1 Å². The first kappa shape index (κ1) is 16.5. The molecule has 0 bridgehead atoms. The van der Waals surface area contributed by atoms with Crippen LogP contribution in [0.2, 0.25) is 0 Å². The number of benzene rings is 1. The van der Waals surface area contributed by atoms with Crippen LogP contribution in [0.5, 0.6) is 11.5 Å². The van der Waals surface area contributed by atoms with E-state index in [0.717, 1.165) is 5.56 Å². The van der Waals surface area contributed by atoms with E-state index in [4.69, 9.17) is 9.47 Å². The van der Waals surface area contributed by atoms with E-state index in [0.29, 0.717) is 36.1 Å². The van der Waals surface area contributed by atoms with Crippen molar-refractivity contribution in [1.82, 2.24) is 15.2 Å². The number of ether oxygens (including phenoxy) is 2. The third-order valence-electron chi connectivity index (χ3n) is 3.37. The molecule has 128 valence electrons. The number of carbonyl (C=O) groups excluding carboxylic acids is 1. The lowest BCUT2D eigenvalue weighted by Gasteiger charge is -2.13. The summed E-state index contributed by atoms with van der Waals surface area (Å²) in [5, 5.41) is 9.20. The Hall–Kier alpha value is -3.35. The third-order valence-corrected chi connectivity index (χ3v) is 3.37. The van der Waals surface area contributed by atoms with Gasteiger partial charge < -0.3 is 14.8 Å². The van der Waals surface area contributed by atoms with Crippen molar-refractivity contribution in [3.8, 4) is 11.5 Å². The number of carbonyl (C=O) groups is 1. The summed E-state index contributed by atoms with van der Waals surface area (Å²) >= 11 is 0. The lowest BCUT2D eigenvalue weighted by molar-refractivity contribution is 0.102. The van der Waals surface area contributed by atoms with E-state index in [1.165, 1.54) is 0 Å². The first-order valence-electron chi connectivity index (χ1n) is 7.85. The van der Waals surface area contributed by atoms with Gasteiger partial charge >= 0.3 is 0 Å². The molecule has 2 heterocycles. The second kappa shape index (κ2) is 7.96. The van der Waals surface area contributed by atoms with Crippen molar-refractivity contribution in [1.29, 1.82) is 0 Å². The molecule has 2 N–H and O–H groups in total. The number of aromatic amines is 1. The molecule has 7 nitrogen and oxygen atoms in total.